The molecule has 0 saturated heterocycles. The van der Waals surface area contributed by atoms with Crippen molar-refractivity contribution in [1.82, 2.24) is 5.16 Å². The number of benzene rings is 2. The summed E-state index contributed by atoms with van der Waals surface area (Å²) in [4.78, 5) is 11.0. The number of aromatic carboxylic acids is 1. The van der Waals surface area contributed by atoms with E-state index in [0.29, 0.717) is 32.8 Å². The Morgan fingerprint density at radius 2 is 1.78 bits per heavy atom. The minimum Gasteiger partial charge on any atom is -0.489 e. The maximum atomic E-state index is 11.0. The van der Waals surface area contributed by atoms with E-state index in [2.05, 4.69) is 5.16 Å². The first-order valence-corrected chi connectivity index (χ1v) is 9.03. The second-order valence-corrected chi connectivity index (χ2v) is 7.06. The molecule has 0 atom stereocenters. The Hall–Kier alpha value is -2.50. The Labute approximate surface area is 166 Å². The lowest BCUT2D eigenvalue weighted by molar-refractivity contribution is 0.0697. The van der Waals surface area contributed by atoms with Crippen LogP contribution in [0.5, 0.6) is 5.75 Å². The molecule has 140 valence electrons. The molecule has 3 aromatic rings. The van der Waals surface area contributed by atoms with Gasteiger partial charge in [-0.15, -0.1) is 0 Å². The lowest BCUT2D eigenvalue weighted by atomic mass is 10.0. The molecule has 7 heteroatoms. The van der Waals surface area contributed by atoms with Crippen LogP contribution < -0.4 is 4.74 Å². The van der Waals surface area contributed by atoms with Gasteiger partial charge in [-0.25, -0.2) is 4.79 Å². The number of carboxylic acid groups (broad SMARTS) is 1. The standard InChI is InChI=1S/C20H17Cl2NO4/c1-11(2)19-14(10-26-13-8-6-12(7-9-13)20(24)25)18(23-27-19)17-15(21)4-3-5-16(17)22/h3-9,11H,10H2,1-2H3,(H,24,25). The van der Waals surface area contributed by atoms with Crippen molar-refractivity contribution in [1.29, 1.82) is 0 Å². The van der Waals surface area contributed by atoms with E-state index >= 15 is 0 Å². The third-order valence-electron chi connectivity index (χ3n) is 4.03. The molecule has 0 aliphatic heterocycles. The highest BCUT2D eigenvalue weighted by molar-refractivity contribution is 6.39. The van der Waals surface area contributed by atoms with Crippen LogP contribution in [0.15, 0.2) is 47.0 Å². The van der Waals surface area contributed by atoms with Crippen molar-refractivity contribution in [2.24, 2.45) is 0 Å². The zero-order valence-corrected chi connectivity index (χ0v) is 16.2. The average molecular weight is 406 g/mol. The number of carboxylic acids is 1. The number of halogens is 2. The third kappa shape index (κ3) is 4.10. The zero-order valence-electron chi connectivity index (χ0n) is 14.7. The van der Waals surface area contributed by atoms with Crippen LogP contribution in [0, 0.1) is 0 Å². The van der Waals surface area contributed by atoms with Gasteiger partial charge in [0.25, 0.3) is 0 Å². The second kappa shape index (κ2) is 8.03. The fourth-order valence-corrected chi connectivity index (χ4v) is 3.26. The van der Waals surface area contributed by atoms with Crippen LogP contribution in [0.25, 0.3) is 11.3 Å². The van der Waals surface area contributed by atoms with Gasteiger partial charge in [-0.3, -0.25) is 0 Å². The Morgan fingerprint density at radius 1 is 1.15 bits per heavy atom. The molecule has 5 nitrogen and oxygen atoms in total. The molecule has 1 aromatic heterocycles. The van der Waals surface area contributed by atoms with E-state index in [4.69, 9.17) is 37.6 Å². The summed E-state index contributed by atoms with van der Waals surface area (Å²) in [5, 5.41) is 14.1. The summed E-state index contributed by atoms with van der Waals surface area (Å²) < 4.78 is 11.4. The Balaban J connectivity index is 1.94. The van der Waals surface area contributed by atoms with E-state index in [1.165, 1.54) is 12.1 Å². The molecular weight excluding hydrogens is 389 g/mol. The van der Waals surface area contributed by atoms with Gasteiger partial charge < -0.3 is 14.4 Å². The van der Waals surface area contributed by atoms with Crippen molar-refractivity contribution in [3.05, 3.63) is 69.4 Å². The Morgan fingerprint density at radius 3 is 2.33 bits per heavy atom. The predicted octanol–water partition coefficient (Wildman–Crippen LogP) is 6.05. The van der Waals surface area contributed by atoms with Crippen molar-refractivity contribution in [2.45, 2.75) is 26.4 Å². The van der Waals surface area contributed by atoms with Gasteiger partial charge in [0.2, 0.25) is 0 Å². The van der Waals surface area contributed by atoms with E-state index in [9.17, 15) is 4.79 Å². The van der Waals surface area contributed by atoms with Gasteiger partial charge >= 0.3 is 5.97 Å². The monoisotopic (exact) mass is 405 g/mol. The lowest BCUT2D eigenvalue weighted by Crippen LogP contribution is -2.02. The smallest absolute Gasteiger partial charge is 0.335 e. The molecule has 0 radical (unpaired) electrons. The first-order valence-electron chi connectivity index (χ1n) is 8.27. The van der Waals surface area contributed by atoms with Crippen molar-refractivity contribution < 1.29 is 19.2 Å². The Kier molecular flexibility index (Phi) is 5.73. The maximum absolute atomic E-state index is 11.0. The third-order valence-corrected chi connectivity index (χ3v) is 4.66. The number of aromatic nitrogens is 1. The predicted molar refractivity (Wildman–Crippen MR) is 104 cm³/mol. The molecule has 0 unspecified atom stereocenters. The zero-order chi connectivity index (χ0) is 19.6. The summed E-state index contributed by atoms with van der Waals surface area (Å²) in [5.41, 5.74) is 2.08. The highest BCUT2D eigenvalue weighted by atomic mass is 35.5. The van der Waals surface area contributed by atoms with Gasteiger partial charge in [-0.2, -0.15) is 0 Å². The molecule has 1 N–H and O–H groups in total. The molecule has 0 spiro atoms. The minimum atomic E-state index is -0.988. The van der Waals surface area contributed by atoms with Gasteiger partial charge in [0.1, 0.15) is 23.8 Å². The van der Waals surface area contributed by atoms with E-state index in [0.717, 1.165) is 5.56 Å². The Bertz CT molecular complexity index is 944. The minimum absolute atomic E-state index is 0.0838. The number of ether oxygens (including phenoxy) is 1. The van der Waals surface area contributed by atoms with Crippen molar-refractivity contribution in [2.75, 3.05) is 0 Å². The summed E-state index contributed by atoms with van der Waals surface area (Å²) in [6, 6.07) is 11.4. The van der Waals surface area contributed by atoms with E-state index in [1.54, 1.807) is 30.3 Å². The van der Waals surface area contributed by atoms with Gasteiger partial charge in [0.05, 0.1) is 21.2 Å². The number of hydrogen-bond acceptors (Lipinski definition) is 4. The molecule has 0 fully saturated rings. The molecule has 0 bridgehead atoms. The number of rotatable bonds is 6. The van der Waals surface area contributed by atoms with E-state index in [-0.39, 0.29) is 18.1 Å². The van der Waals surface area contributed by atoms with E-state index < -0.39 is 5.97 Å². The highest BCUT2D eigenvalue weighted by Gasteiger charge is 2.23. The number of nitrogens with zero attached hydrogens (tertiary/aromatic N) is 1. The van der Waals surface area contributed by atoms with Crippen LogP contribution in [0.2, 0.25) is 10.0 Å². The quantitative estimate of drug-likeness (QED) is 0.540. The molecule has 0 saturated carbocycles. The van der Waals surface area contributed by atoms with E-state index in [1.807, 2.05) is 13.8 Å². The first kappa shape index (κ1) is 19.3. The molecule has 0 amide bonds. The van der Waals surface area contributed by atoms with Crippen LogP contribution in [0.1, 0.15) is 41.4 Å². The lowest BCUT2D eigenvalue weighted by Gasteiger charge is -2.11. The number of hydrogen-bond donors (Lipinski definition) is 1. The van der Waals surface area contributed by atoms with Gasteiger partial charge in [-0.05, 0) is 36.4 Å². The number of carbonyl (C=O) groups is 1. The summed E-state index contributed by atoms with van der Waals surface area (Å²) in [5.74, 6) is 0.314. The van der Waals surface area contributed by atoms with Crippen LogP contribution in [0.3, 0.4) is 0 Å². The first-order chi connectivity index (χ1) is 12.9. The fraction of sp³-hybridized carbons (Fsp3) is 0.200. The summed E-state index contributed by atoms with van der Waals surface area (Å²) in [6.45, 7) is 4.16. The topological polar surface area (TPSA) is 72.6 Å². The summed E-state index contributed by atoms with van der Waals surface area (Å²) in [6.07, 6.45) is 0. The molecule has 2 aromatic carbocycles. The van der Waals surface area contributed by atoms with Crippen LogP contribution in [-0.4, -0.2) is 16.2 Å². The summed E-state index contributed by atoms with van der Waals surface area (Å²) >= 11 is 12.7. The molecule has 0 aliphatic rings. The maximum Gasteiger partial charge on any atom is 0.335 e. The molecule has 0 aliphatic carbocycles. The normalized spacial score (nSPS) is 11.0. The van der Waals surface area contributed by atoms with Crippen molar-refractivity contribution in [3.8, 4) is 17.0 Å². The highest BCUT2D eigenvalue weighted by Crippen LogP contribution is 2.38. The summed E-state index contributed by atoms with van der Waals surface area (Å²) in [7, 11) is 0. The fourth-order valence-electron chi connectivity index (χ4n) is 2.68. The largest absolute Gasteiger partial charge is 0.489 e. The van der Waals surface area contributed by atoms with Gasteiger partial charge in [0.15, 0.2) is 0 Å². The van der Waals surface area contributed by atoms with Crippen molar-refractivity contribution >= 4 is 29.2 Å². The average Bonchev–Trinajstić information content (AvgIpc) is 3.04. The SMILES string of the molecule is CC(C)c1onc(-c2c(Cl)cccc2Cl)c1COc1ccc(C(=O)O)cc1. The molecule has 3 rings (SSSR count). The second-order valence-electron chi connectivity index (χ2n) is 6.24. The van der Waals surface area contributed by atoms with Crippen LogP contribution in [-0.2, 0) is 6.61 Å². The van der Waals surface area contributed by atoms with Crippen LogP contribution >= 0.6 is 23.2 Å². The molecule has 1 heterocycles. The van der Waals surface area contributed by atoms with Crippen LogP contribution in [0.4, 0.5) is 0 Å². The molecular formula is C20H17Cl2NO4. The van der Waals surface area contributed by atoms with Gasteiger partial charge in [-0.1, -0.05) is 48.3 Å². The molecule has 27 heavy (non-hydrogen) atoms. The van der Waals surface area contributed by atoms with Crippen molar-refractivity contribution in [3.63, 3.8) is 0 Å². The van der Waals surface area contributed by atoms with Gasteiger partial charge in [0, 0.05) is 11.5 Å².